The predicted molar refractivity (Wildman–Crippen MR) is 74.3 cm³/mol. The van der Waals surface area contributed by atoms with Gasteiger partial charge in [0.1, 0.15) is 5.69 Å². The van der Waals surface area contributed by atoms with E-state index in [0.717, 1.165) is 5.56 Å². The van der Waals surface area contributed by atoms with E-state index in [0.29, 0.717) is 5.56 Å². The fraction of sp³-hybridized carbons (Fsp3) is 0.154. The van der Waals surface area contributed by atoms with Crippen molar-refractivity contribution in [3.63, 3.8) is 0 Å². The number of hydrogen-bond acceptors (Lipinski definition) is 5. The summed E-state index contributed by atoms with van der Waals surface area (Å²) in [6.07, 6.45) is 0. The molecule has 2 aromatic rings. The zero-order valence-corrected chi connectivity index (χ0v) is 11.8. The largest absolute Gasteiger partial charge is 0.493 e. The molecule has 0 saturated heterocycles. The van der Waals surface area contributed by atoms with Crippen molar-refractivity contribution < 1.29 is 18.6 Å². The van der Waals surface area contributed by atoms with Crippen LogP contribution in [0.15, 0.2) is 35.2 Å². The molecule has 0 aliphatic carbocycles. The summed E-state index contributed by atoms with van der Waals surface area (Å²) in [4.78, 5) is 3.49. The zero-order chi connectivity index (χ0) is 14.9. The Morgan fingerprint density at radius 1 is 1.10 bits per heavy atom. The van der Waals surface area contributed by atoms with Crippen LogP contribution in [0.2, 0.25) is 0 Å². The van der Waals surface area contributed by atoms with E-state index >= 15 is 0 Å². The van der Waals surface area contributed by atoms with Crippen LogP contribution in [0.1, 0.15) is 11.1 Å². The molecule has 20 heavy (non-hydrogen) atoms. The molecule has 6 nitrogen and oxygen atoms in total. The van der Waals surface area contributed by atoms with E-state index in [1.165, 1.54) is 18.2 Å². The van der Waals surface area contributed by atoms with Crippen molar-refractivity contribution in [2.24, 2.45) is 0 Å². The third-order valence-corrected chi connectivity index (χ3v) is 4.12. The van der Waals surface area contributed by atoms with Crippen LogP contribution in [0.4, 0.5) is 5.69 Å². The minimum atomic E-state index is -3.82. The Balaban J connectivity index is 2.41. The summed E-state index contributed by atoms with van der Waals surface area (Å²) in [5.41, 5.74) is 1.25. The van der Waals surface area contributed by atoms with Crippen LogP contribution >= 0.6 is 0 Å². The van der Waals surface area contributed by atoms with Crippen LogP contribution in [-0.4, -0.2) is 23.6 Å². The molecule has 0 aliphatic rings. The predicted octanol–water partition coefficient (Wildman–Crippen LogP) is 1.91. The number of aromatic nitrogens is 1. The van der Waals surface area contributed by atoms with Crippen molar-refractivity contribution in [3.05, 3.63) is 41.5 Å². The first-order valence-electron chi connectivity index (χ1n) is 5.78. The second-order valence-electron chi connectivity index (χ2n) is 4.41. The number of hydrogen-bond donors (Lipinski definition) is 3. The van der Waals surface area contributed by atoms with Gasteiger partial charge in [0.2, 0.25) is 11.8 Å². The molecule has 1 aromatic heterocycles. The van der Waals surface area contributed by atoms with E-state index in [4.69, 9.17) is 0 Å². The Hall–Kier alpha value is -2.28. The highest BCUT2D eigenvalue weighted by atomic mass is 32.2. The number of rotatable bonds is 3. The summed E-state index contributed by atoms with van der Waals surface area (Å²) in [5, 5.41) is 18.8. The van der Waals surface area contributed by atoms with Crippen LogP contribution in [0.3, 0.4) is 0 Å². The molecular formula is C13H14N2O4S. The van der Waals surface area contributed by atoms with Crippen molar-refractivity contribution in [2.75, 3.05) is 4.72 Å². The van der Waals surface area contributed by atoms with Gasteiger partial charge in [-0.2, -0.15) is 4.98 Å². The standard InChI is InChI=1S/C13H14N2O4S/c1-8-3-5-10(6-4-8)20(18,19)15-12-9(2)7-11(16)14-13(12)17/h3-7,15H,1-2H3,(H2,14,16,17). The molecular weight excluding hydrogens is 280 g/mol. The van der Waals surface area contributed by atoms with Crippen molar-refractivity contribution >= 4 is 15.7 Å². The number of benzene rings is 1. The lowest BCUT2D eigenvalue weighted by Crippen LogP contribution is -2.14. The van der Waals surface area contributed by atoms with Crippen molar-refractivity contribution in [2.45, 2.75) is 18.7 Å². The topological polar surface area (TPSA) is 99.5 Å². The lowest BCUT2D eigenvalue weighted by atomic mass is 10.2. The third kappa shape index (κ3) is 2.83. The summed E-state index contributed by atoms with van der Waals surface area (Å²) in [7, 11) is -3.82. The normalized spacial score (nSPS) is 11.3. The maximum absolute atomic E-state index is 12.2. The van der Waals surface area contributed by atoms with E-state index in [2.05, 4.69) is 9.71 Å². The maximum Gasteiger partial charge on any atom is 0.262 e. The summed E-state index contributed by atoms with van der Waals surface area (Å²) in [6, 6.07) is 7.55. The van der Waals surface area contributed by atoms with Gasteiger partial charge in [0, 0.05) is 6.07 Å². The Morgan fingerprint density at radius 2 is 1.70 bits per heavy atom. The second-order valence-corrected chi connectivity index (χ2v) is 6.10. The van der Waals surface area contributed by atoms with Gasteiger partial charge in [-0.1, -0.05) is 17.7 Å². The highest BCUT2D eigenvalue weighted by Crippen LogP contribution is 2.30. The maximum atomic E-state index is 12.2. The molecule has 1 heterocycles. The van der Waals surface area contributed by atoms with Gasteiger partial charge < -0.3 is 10.2 Å². The molecule has 0 bridgehead atoms. The number of pyridine rings is 1. The molecule has 0 spiro atoms. The zero-order valence-electron chi connectivity index (χ0n) is 11.0. The first kappa shape index (κ1) is 14.1. The van der Waals surface area contributed by atoms with Gasteiger partial charge in [-0.3, -0.25) is 4.72 Å². The fourth-order valence-electron chi connectivity index (χ4n) is 1.68. The fourth-order valence-corrected chi connectivity index (χ4v) is 2.81. The highest BCUT2D eigenvalue weighted by molar-refractivity contribution is 7.92. The Morgan fingerprint density at radius 3 is 2.25 bits per heavy atom. The second kappa shape index (κ2) is 5.01. The van der Waals surface area contributed by atoms with E-state index in [-0.39, 0.29) is 16.5 Å². The number of sulfonamides is 1. The van der Waals surface area contributed by atoms with Crippen LogP contribution in [0, 0.1) is 13.8 Å². The first-order valence-corrected chi connectivity index (χ1v) is 7.27. The smallest absolute Gasteiger partial charge is 0.262 e. The molecule has 106 valence electrons. The van der Waals surface area contributed by atoms with E-state index in [1.807, 2.05) is 6.92 Å². The minimum absolute atomic E-state index is 0.0524. The quantitative estimate of drug-likeness (QED) is 0.803. The van der Waals surface area contributed by atoms with Crippen molar-refractivity contribution in [1.29, 1.82) is 0 Å². The number of nitrogens with one attached hydrogen (secondary N) is 1. The first-order chi connectivity index (χ1) is 9.29. The molecule has 7 heteroatoms. The van der Waals surface area contributed by atoms with E-state index in [9.17, 15) is 18.6 Å². The van der Waals surface area contributed by atoms with Gasteiger partial charge in [-0.15, -0.1) is 0 Å². The number of aryl methyl sites for hydroxylation is 2. The molecule has 0 amide bonds. The molecule has 1 aromatic carbocycles. The molecule has 0 atom stereocenters. The van der Waals surface area contributed by atoms with Crippen LogP contribution in [-0.2, 0) is 10.0 Å². The monoisotopic (exact) mass is 294 g/mol. The molecule has 0 fully saturated rings. The third-order valence-electron chi connectivity index (χ3n) is 2.75. The molecule has 2 rings (SSSR count). The average Bonchev–Trinajstić information content (AvgIpc) is 2.34. The van der Waals surface area contributed by atoms with E-state index in [1.54, 1.807) is 19.1 Å². The minimum Gasteiger partial charge on any atom is -0.493 e. The van der Waals surface area contributed by atoms with Crippen molar-refractivity contribution in [3.8, 4) is 11.8 Å². The Kier molecular flexibility index (Phi) is 3.54. The molecule has 0 saturated carbocycles. The van der Waals surface area contributed by atoms with Gasteiger partial charge in [0.15, 0.2) is 0 Å². The average molecular weight is 294 g/mol. The van der Waals surface area contributed by atoms with Crippen LogP contribution in [0.5, 0.6) is 11.8 Å². The van der Waals surface area contributed by atoms with Gasteiger partial charge >= 0.3 is 0 Å². The summed E-state index contributed by atoms with van der Waals surface area (Å²) < 4.78 is 26.6. The summed E-state index contributed by atoms with van der Waals surface area (Å²) in [5.74, 6) is -0.948. The van der Waals surface area contributed by atoms with Crippen molar-refractivity contribution in [1.82, 2.24) is 4.98 Å². The van der Waals surface area contributed by atoms with Gasteiger partial charge in [-0.25, -0.2) is 8.42 Å². The highest BCUT2D eigenvalue weighted by Gasteiger charge is 2.18. The SMILES string of the molecule is Cc1ccc(S(=O)(=O)Nc2c(C)cc(O)nc2O)cc1. The molecule has 0 aliphatic heterocycles. The Labute approximate surface area is 116 Å². The van der Waals surface area contributed by atoms with E-state index < -0.39 is 15.9 Å². The number of nitrogens with zero attached hydrogens (tertiary/aromatic N) is 1. The number of anilines is 1. The molecule has 0 unspecified atom stereocenters. The molecule has 3 N–H and O–H groups in total. The summed E-state index contributed by atoms with van der Waals surface area (Å²) >= 11 is 0. The lowest BCUT2D eigenvalue weighted by Gasteiger charge is -2.12. The lowest BCUT2D eigenvalue weighted by molar-refractivity contribution is 0.414. The molecule has 0 radical (unpaired) electrons. The van der Waals surface area contributed by atoms with Crippen LogP contribution in [0.25, 0.3) is 0 Å². The van der Waals surface area contributed by atoms with Gasteiger partial charge in [0.25, 0.3) is 10.0 Å². The van der Waals surface area contributed by atoms with Gasteiger partial charge in [-0.05, 0) is 31.5 Å². The Bertz CT molecular complexity index is 716. The summed E-state index contributed by atoms with van der Waals surface area (Å²) in [6.45, 7) is 3.40. The van der Waals surface area contributed by atoms with Crippen LogP contribution < -0.4 is 4.72 Å². The van der Waals surface area contributed by atoms with Gasteiger partial charge in [0.05, 0.1) is 4.90 Å². The number of aromatic hydroxyl groups is 2.